The Morgan fingerprint density at radius 1 is 1.16 bits per heavy atom. The molecular weight excluding hydrogens is 367 g/mol. The second-order valence-electron chi connectivity index (χ2n) is 4.64. The first-order chi connectivity index (χ1) is 11.9. The number of carbonyl (C=O) groups excluding carboxylic acids is 1. The van der Waals surface area contributed by atoms with Crippen LogP contribution in [0, 0.1) is 21.4 Å². The van der Waals surface area contributed by atoms with Crippen LogP contribution in [0.25, 0.3) is 0 Å². The Labute approximate surface area is 152 Å². The number of benzene rings is 2. The Balaban J connectivity index is 2.22. The quantitative estimate of drug-likeness (QED) is 0.348. The number of halogens is 2. The van der Waals surface area contributed by atoms with E-state index < -0.39 is 10.8 Å². The maximum absolute atomic E-state index is 12.2. The van der Waals surface area contributed by atoms with Crippen molar-refractivity contribution >= 4 is 46.2 Å². The van der Waals surface area contributed by atoms with E-state index in [1.807, 2.05) is 0 Å². The van der Waals surface area contributed by atoms with Crippen molar-refractivity contribution < 1.29 is 9.72 Å². The minimum atomic E-state index is -0.813. The first-order valence-corrected chi connectivity index (χ1v) is 7.55. The molecule has 0 atom stereocenters. The van der Waals surface area contributed by atoms with Crippen LogP contribution in [0.2, 0.25) is 10.0 Å². The number of amides is 1. The molecule has 0 unspecified atom stereocenters. The summed E-state index contributed by atoms with van der Waals surface area (Å²) < 4.78 is 0. The first-order valence-electron chi connectivity index (χ1n) is 6.79. The molecule has 2 rings (SSSR count). The Kier molecular flexibility index (Phi) is 5.95. The molecule has 2 aromatic carbocycles. The summed E-state index contributed by atoms with van der Waals surface area (Å²) in [7, 11) is 0. The standard InChI is InChI=1S/C16H10Cl2N4O3/c17-11-4-3-5-12(18)15(11)20-9-10(8-19)16(23)21-13-6-1-2-7-14(13)22(24)25/h1-7,9,20H,(H,21,23)/b10-9-. The Bertz CT molecular complexity index is 886. The van der Waals surface area contributed by atoms with Gasteiger partial charge in [-0.05, 0) is 18.2 Å². The minimum absolute atomic E-state index is 0.0191. The zero-order chi connectivity index (χ0) is 18.4. The summed E-state index contributed by atoms with van der Waals surface area (Å²) in [5.41, 5.74) is -0.282. The van der Waals surface area contributed by atoms with Gasteiger partial charge in [0.05, 0.1) is 20.7 Å². The van der Waals surface area contributed by atoms with Gasteiger partial charge in [-0.3, -0.25) is 14.9 Å². The average molecular weight is 377 g/mol. The summed E-state index contributed by atoms with van der Waals surface area (Å²) in [5, 5.41) is 25.7. The third-order valence-corrected chi connectivity index (χ3v) is 3.67. The molecule has 0 aromatic heterocycles. The minimum Gasteiger partial charge on any atom is -0.358 e. The van der Waals surface area contributed by atoms with Crippen LogP contribution in [0.5, 0.6) is 0 Å². The molecule has 2 aromatic rings. The van der Waals surface area contributed by atoms with Crippen LogP contribution in [0.1, 0.15) is 0 Å². The van der Waals surface area contributed by atoms with Crippen LogP contribution in [-0.4, -0.2) is 10.8 Å². The lowest BCUT2D eigenvalue weighted by Crippen LogP contribution is -2.15. The molecule has 0 aliphatic heterocycles. The predicted octanol–water partition coefficient (Wildman–Crippen LogP) is 4.36. The zero-order valence-corrected chi connectivity index (χ0v) is 14.0. The fourth-order valence-electron chi connectivity index (χ4n) is 1.86. The highest BCUT2D eigenvalue weighted by Gasteiger charge is 2.17. The van der Waals surface area contributed by atoms with Crippen molar-refractivity contribution in [3.05, 3.63) is 74.4 Å². The van der Waals surface area contributed by atoms with E-state index in [0.717, 1.165) is 6.20 Å². The number of anilines is 2. The van der Waals surface area contributed by atoms with Crippen molar-refractivity contribution in [2.24, 2.45) is 0 Å². The van der Waals surface area contributed by atoms with Gasteiger partial charge in [-0.25, -0.2) is 0 Å². The molecule has 0 bridgehead atoms. The lowest BCUT2D eigenvalue weighted by Gasteiger charge is -2.08. The monoisotopic (exact) mass is 376 g/mol. The molecule has 0 saturated carbocycles. The second-order valence-corrected chi connectivity index (χ2v) is 5.45. The van der Waals surface area contributed by atoms with E-state index in [4.69, 9.17) is 28.5 Å². The molecule has 0 saturated heterocycles. The number of nitrogens with one attached hydrogen (secondary N) is 2. The van der Waals surface area contributed by atoms with Gasteiger partial charge in [-0.1, -0.05) is 41.4 Å². The smallest absolute Gasteiger partial charge is 0.292 e. The van der Waals surface area contributed by atoms with Gasteiger partial charge in [0.25, 0.3) is 11.6 Å². The largest absolute Gasteiger partial charge is 0.358 e. The summed E-state index contributed by atoms with van der Waals surface area (Å²) in [5.74, 6) is -0.813. The highest BCUT2D eigenvalue weighted by atomic mass is 35.5. The number of carbonyl (C=O) groups is 1. The first kappa shape index (κ1) is 18.3. The van der Waals surface area contributed by atoms with Gasteiger partial charge >= 0.3 is 0 Å². The van der Waals surface area contributed by atoms with Gasteiger partial charge in [0, 0.05) is 12.3 Å². The highest BCUT2D eigenvalue weighted by Crippen LogP contribution is 2.30. The average Bonchev–Trinajstić information content (AvgIpc) is 2.58. The van der Waals surface area contributed by atoms with Crippen LogP contribution in [0.15, 0.2) is 54.2 Å². The molecule has 0 radical (unpaired) electrons. The van der Waals surface area contributed by atoms with Crippen molar-refractivity contribution in [1.82, 2.24) is 0 Å². The predicted molar refractivity (Wildman–Crippen MR) is 95.5 cm³/mol. The van der Waals surface area contributed by atoms with Crippen LogP contribution >= 0.6 is 23.2 Å². The summed E-state index contributed by atoms with van der Waals surface area (Å²) in [4.78, 5) is 22.5. The van der Waals surface area contributed by atoms with Crippen LogP contribution in [0.4, 0.5) is 17.1 Å². The van der Waals surface area contributed by atoms with Crippen molar-refractivity contribution in [1.29, 1.82) is 5.26 Å². The normalized spacial score (nSPS) is 10.7. The summed E-state index contributed by atoms with van der Waals surface area (Å²) in [6.07, 6.45) is 1.12. The highest BCUT2D eigenvalue weighted by molar-refractivity contribution is 6.39. The topological polar surface area (TPSA) is 108 Å². The molecule has 126 valence electrons. The van der Waals surface area contributed by atoms with Gasteiger partial charge < -0.3 is 10.6 Å². The Morgan fingerprint density at radius 3 is 2.40 bits per heavy atom. The van der Waals surface area contributed by atoms with Crippen LogP contribution < -0.4 is 10.6 Å². The number of para-hydroxylation sites is 3. The molecule has 0 spiro atoms. The van der Waals surface area contributed by atoms with E-state index in [1.165, 1.54) is 24.3 Å². The van der Waals surface area contributed by atoms with Gasteiger partial charge in [0.15, 0.2) is 0 Å². The van der Waals surface area contributed by atoms with E-state index in [2.05, 4.69) is 10.6 Å². The van der Waals surface area contributed by atoms with Gasteiger partial charge in [0.2, 0.25) is 0 Å². The summed E-state index contributed by atoms with van der Waals surface area (Å²) in [6, 6.07) is 12.1. The molecule has 1 amide bonds. The SMILES string of the molecule is N#C/C(=C/Nc1c(Cl)cccc1Cl)C(=O)Nc1ccccc1[N+](=O)[O-]. The van der Waals surface area contributed by atoms with Crippen molar-refractivity contribution in [2.45, 2.75) is 0 Å². The maximum Gasteiger partial charge on any atom is 0.292 e. The van der Waals surface area contributed by atoms with Gasteiger partial charge in [-0.15, -0.1) is 0 Å². The van der Waals surface area contributed by atoms with Crippen molar-refractivity contribution in [2.75, 3.05) is 10.6 Å². The van der Waals surface area contributed by atoms with E-state index >= 15 is 0 Å². The van der Waals surface area contributed by atoms with E-state index in [0.29, 0.717) is 15.7 Å². The zero-order valence-electron chi connectivity index (χ0n) is 12.5. The molecule has 9 heteroatoms. The second kappa shape index (κ2) is 8.15. The van der Waals surface area contributed by atoms with Gasteiger partial charge in [-0.2, -0.15) is 5.26 Å². The number of nitro groups is 1. The number of rotatable bonds is 5. The van der Waals surface area contributed by atoms with E-state index in [9.17, 15) is 14.9 Å². The Morgan fingerprint density at radius 2 is 1.80 bits per heavy atom. The van der Waals surface area contributed by atoms with Crippen LogP contribution in [0.3, 0.4) is 0 Å². The molecule has 0 heterocycles. The molecule has 7 nitrogen and oxygen atoms in total. The maximum atomic E-state index is 12.2. The van der Waals surface area contributed by atoms with Crippen molar-refractivity contribution in [3.8, 4) is 6.07 Å². The number of nitro benzene ring substituents is 1. The molecule has 0 aliphatic rings. The number of hydrogen-bond acceptors (Lipinski definition) is 5. The fraction of sp³-hybridized carbons (Fsp3) is 0. The summed E-state index contributed by atoms with van der Waals surface area (Å²) >= 11 is 12.0. The number of nitrogens with zero attached hydrogens (tertiary/aromatic N) is 2. The summed E-state index contributed by atoms with van der Waals surface area (Å²) in [6.45, 7) is 0. The molecule has 25 heavy (non-hydrogen) atoms. The third-order valence-electron chi connectivity index (χ3n) is 3.04. The number of nitriles is 1. The third kappa shape index (κ3) is 4.47. The molecular formula is C16H10Cl2N4O3. The fourth-order valence-corrected chi connectivity index (χ4v) is 2.36. The van der Waals surface area contributed by atoms with Crippen LogP contribution in [-0.2, 0) is 4.79 Å². The van der Waals surface area contributed by atoms with E-state index in [1.54, 1.807) is 24.3 Å². The molecule has 2 N–H and O–H groups in total. The molecule has 0 fully saturated rings. The van der Waals surface area contributed by atoms with Gasteiger partial charge in [0.1, 0.15) is 17.3 Å². The van der Waals surface area contributed by atoms with Crippen molar-refractivity contribution in [3.63, 3.8) is 0 Å². The molecule has 0 aliphatic carbocycles. The lowest BCUT2D eigenvalue weighted by atomic mass is 10.2. The Hall–Kier alpha value is -3.08. The lowest BCUT2D eigenvalue weighted by molar-refractivity contribution is -0.383. The van der Waals surface area contributed by atoms with E-state index in [-0.39, 0.29) is 16.9 Å². The number of hydrogen-bond donors (Lipinski definition) is 2.